The van der Waals surface area contributed by atoms with E-state index in [1.54, 1.807) is 22.1 Å². The van der Waals surface area contributed by atoms with E-state index in [0.29, 0.717) is 25.6 Å². The van der Waals surface area contributed by atoms with Crippen LogP contribution in [0.4, 0.5) is 5.69 Å². The normalized spacial score (nSPS) is 24.1. The number of nitrogens with zero attached hydrogens (tertiary/aromatic N) is 3. The molecule has 1 N–H and O–H groups in total. The zero-order valence-electron chi connectivity index (χ0n) is 18.8. The Morgan fingerprint density at radius 1 is 1.06 bits per heavy atom. The van der Waals surface area contributed by atoms with Crippen molar-refractivity contribution in [3.8, 4) is 11.1 Å². The Bertz CT molecular complexity index is 1190. The van der Waals surface area contributed by atoms with Crippen molar-refractivity contribution >= 4 is 15.7 Å². The van der Waals surface area contributed by atoms with E-state index in [1.165, 1.54) is 6.33 Å². The molecule has 5 rings (SSSR count). The molecule has 0 saturated carbocycles. The summed E-state index contributed by atoms with van der Waals surface area (Å²) in [4.78, 5) is 4.11. The van der Waals surface area contributed by atoms with Crippen LogP contribution in [0.5, 0.6) is 0 Å². The van der Waals surface area contributed by atoms with Crippen LogP contribution in [-0.4, -0.2) is 54.6 Å². The first-order chi connectivity index (χ1) is 16.0. The predicted octanol–water partition coefficient (Wildman–Crippen LogP) is 3.61. The number of imidazole rings is 1. The maximum absolute atomic E-state index is 13.3. The van der Waals surface area contributed by atoms with Crippen molar-refractivity contribution in [2.75, 3.05) is 31.6 Å². The number of sulfonamides is 1. The molecule has 2 aliphatic heterocycles. The van der Waals surface area contributed by atoms with E-state index in [1.807, 2.05) is 24.3 Å². The first kappa shape index (κ1) is 22.1. The monoisotopic (exact) mass is 466 g/mol. The standard InChI is InChI=1S/C25H30N4O3S/c1-28-16-25(26-18-28)33(30,31)29-14-23(21-10-6-12-32-17-21)24(15-29)27-22-11-5-9-20(13-22)19-7-3-2-4-8-19/h2-5,7-9,11,13,16,18,21,23-24,27H,6,10,12,14-15,17H2,1H3/t21-,23+,24-/m1/s1. The van der Waals surface area contributed by atoms with Gasteiger partial charge in [-0.1, -0.05) is 42.5 Å². The van der Waals surface area contributed by atoms with Gasteiger partial charge in [0.25, 0.3) is 10.0 Å². The third kappa shape index (κ3) is 4.69. The van der Waals surface area contributed by atoms with Gasteiger partial charge in [-0.3, -0.25) is 0 Å². The smallest absolute Gasteiger partial charge is 0.262 e. The molecule has 174 valence electrons. The molecule has 8 heteroatoms. The molecule has 0 aliphatic carbocycles. The molecule has 3 heterocycles. The van der Waals surface area contributed by atoms with Crippen LogP contribution in [0.15, 0.2) is 72.1 Å². The minimum Gasteiger partial charge on any atom is -0.381 e. The number of aryl methyl sites for hydroxylation is 1. The fourth-order valence-corrected chi connectivity index (χ4v) is 6.48. The number of anilines is 1. The van der Waals surface area contributed by atoms with Crippen LogP contribution < -0.4 is 5.32 Å². The molecular weight excluding hydrogens is 436 g/mol. The second kappa shape index (κ2) is 9.29. The minimum atomic E-state index is -3.65. The van der Waals surface area contributed by atoms with Crippen LogP contribution in [0.1, 0.15) is 12.8 Å². The summed E-state index contributed by atoms with van der Waals surface area (Å²) in [5, 5.41) is 3.78. The zero-order chi connectivity index (χ0) is 22.8. The molecular formula is C25H30N4O3S. The molecule has 2 aliphatic rings. The van der Waals surface area contributed by atoms with Gasteiger partial charge in [-0.05, 0) is 47.9 Å². The van der Waals surface area contributed by atoms with E-state index in [2.05, 4.69) is 40.6 Å². The summed E-state index contributed by atoms with van der Waals surface area (Å²) in [5.74, 6) is 0.502. The first-order valence-corrected chi connectivity index (χ1v) is 12.9. The van der Waals surface area contributed by atoms with Gasteiger partial charge in [-0.25, -0.2) is 13.4 Å². The summed E-state index contributed by atoms with van der Waals surface area (Å²) in [6, 6.07) is 18.6. The van der Waals surface area contributed by atoms with Crippen LogP contribution in [0.3, 0.4) is 0 Å². The van der Waals surface area contributed by atoms with E-state index >= 15 is 0 Å². The lowest BCUT2D eigenvalue weighted by atomic mass is 9.84. The molecule has 7 nitrogen and oxygen atoms in total. The van der Waals surface area contributed by atoms with Crippen molar-refractivity contribution in [1.82, 2.24) is 13.9 Å². The number of benzene rings is 2. The van der Waals surface area contributed by atoms with Gasteiger partial charge < -0.3 is 14.6 Å². The molecule has 0 amide bonds. The molecule has 0 unspecified atom stereocenters. The number of nitrogens with one attached hydrogen (secondary N) is 1. The predicted molar refractivity (Wildman–Crippen MR) is 128 cm³/mol. The van der Waals surface area contributed by atoms with Crippen LogP contribution in [0.2, 0.25) is 0 Å². The molecule has 2 saturated heterocycles. The molecule has 0 radical (unpaired) electrons. The van der Waals surface area contributed by atoms with E-state index in [0.717, 1.165) is 36.3 Å². The van der Waals surface area contributed by atoms with Gasteiger partial charge in [-0.15, -0.1) is 0 Å². The van der Waals surface area contributed by atoms with Crippen molar-refractivity contribution in [1.29, 1.82) is 0 Å². The van der Waals surface area contributed by atoms with E-state index in [4.69, 9.17) is 4.74 Å². The summed E-state index contributed by atoms with van der Waals surface area (Å²) >= 11 is 0. The highest BCUT2D eigenvalue weighted by atomic mass is 32.2. The quantitative estimate of drug-likeness (QED) is 0.601. The van der Waals surface area contributed by atoms with Gasteiger partial charge in [0.1, 0.15) is 0 Å². The lowest BCUT2D eigenvalue weighted by Gasteiger charge is -2.31. The molecule has 0 spiro atoms. The van der Waals surface area contributed by atoms with Crippen molar-refractivity contribution in [2.24, 2.45) is 18.9 Å². The van der Waals surface area contributed by atoms with Gasteiger partial charge in [0.2, 0.25) is 0 Å². The highest BCUT2D eigenvalue weighted by Gasteiger charge is 2.43. The van der Waals surface area contributed by atoms with Crippen molar-refractivity contribution < 1.29 is 13.2 Å². The van der Waals surface area contributed by atoms with Crippen LogP contribution >= 0.6 is 0 Å². The van der Waals surface area contributed by atoms with E-state index in [9.17, 15) is 8.42 Å². The lowest BCUT2D eigenvalue weighted by molar-refractivity contribution is 0.0317. The molecule has 3 aromatic rings. The fraction of sp³-hybridized carbons (Fsp3) is 0.400. The number of aromatic nitrogens is 2. The van der Waals surface area contributed by atoms with Crippen molar-refractivity contribution in [3.05, 3.63) is 67.1 Å². The average Bonchev–Trinajstić information content (AvgIpc) is 3.48. The Morgan fingerprint density at radius 3 is 2.61 bits per heavy atom. The highest BCUT2D eigenvalue weighted by Crippen LogP contribution is 2.35. The summed E-state index contributed by atoms with van der Waals surface area (Å²) < 4.78 is 35.6. The Kier molecular flexibility index (Phi) is 6.23. The molecule has 1 aromatic heterocycles. The summed E-state index contributed by atoms with van der Waals surface area (Å²) in [7, 11) is -1.87. The summed E-state index contributed by atoms with van der Waals surface area (Å²) in [5.41, 5.74) is 3.29. The second-order valence-electron chi connectivity index (χ2n) is 9.04. The molecule has 2 aromatic carbocycles. The maximum atomic E-state index is 13.3. The summed E-state index contributed by atoms with van der Waals surface area (Å²) in [6.45, 7) is 2.36. The SMILES string of the molecule is Cn1cnc(S(=O)(=O)N2C[C@@H]([C@@H]3CCCOC3)[C@H](Nc3cccc(-c4ccccc4)c3)C2)c1. The number of hydrogen-bond acceptors (Lipinski definition) is 5. The van der Waals surface area contributed by atoms with E-state index < -0.39 is 10.0 Å². The highest BCUT2D eigenvalue weighted by molar-refractivity contribution is 7.89. The Balaban J connectivity index is 1.41. The zero-order valence-corrected chi connectivity index (χ0v) is 19.6. The first-order valence-electron chi connectivity index (χ1n) is 11.5. The van der Waals surface area contributed by atoms with Crippen LogP contribution in [-0.2, 0) is 21.8 Å². The van der Waals surface area contributed by atoms with Crippen molar-refractivity contribution in [3.63, 3.8) is 0 Å². The molecule has 3 atom stereocenters. The summed E-state index contributed by atoms with van der Waals surface area (Å²) in [6.07, 6.45) is 5.17. The average molecular weight is 467 g/mol. The topological polar surface area (TPSA) is 76.5 Å². The molecule has 0 bridgehead atoms. The van der Waals surface area contributed by atoms with Gasteiger partial charge in [-0.2, -0.15) is 4.31 Å². The van der Waals surface area contributed by atoms with Gasteiger partial charge in [0.05, 0.1) is 6.33 Å². The molecule has 33 heavy (non-hydrogen) atoms. The van der Waals surface area contributed by atoms with E-state index in [-0.39, 0.29) is 17.0 Å². The second-order valence-corrected chi connectivity index (χ2v) is 10.9. The third-order valence-corrected chi connectivity index (χ3v) is 8.46. The van der Waals surface area contributed by atoms with Gasteiger partial charge in [0, 0.05) is 51.3 Å². The van der Waals surface area contributed by atoms with Gasteiger partial charge >= 0.3 is 0 Å². The van der Waals surface area contributed by atoms with Crippen molar-refractivity contribution in [2.45, 2.75) is 23.9 Å². The Labute approximate surface area is 195 Å². The Morgan fingerprint density at radius 2 is 1.88 bits per heavy atom. The largest absolute Gasteiger partial charge is 0.381 e. The van der Waals surface area contributed by atoms with Crippen LogP contribution in [0.25, 0.3) is 11.1 Å². The van der Waals surface area contributed by atoms with Crippen LogP contribution in [0, 0.1) is 11.8 Å². The minimum absolute atomic E-state index is 0.00112. The molecule has 2 fully saturated rings. The third-order valence-electron chi connectivity index (χ3n) is 6.74. The number of rotatable bonds is 6. The maximum Gasteiger partial charge on any atom is 0.262 e. The fourth-order valence-electron chi connectivity index (χ4n) is 5.01. The lowest BCUT2D eigenvalue weighted by Crippen LogP contribution is -2.36. The van der Waals surface area contributed by atoms with Gasteiger partial charge in [0.15, 0.2) is 5.03 Å². The Hall–Kier alpha value is -2.68. The number of ether oxygens (including phenoxy) is 1. The number of hydrogen-bond donors (Lipinski definition) is 1.